The van der Waals surface area contributed by atoms with Gasteiger partial charge in [0.05, 0.1) is 12.8 Å². The minimum absolute atomic E-state index is 0.690. The molecule has 0 saturated carbocycles. The third-order valence-corrected chi connectivity index (χ3v) is 2.21. The molecule has 0 atom stereocenters. The van der Waals surface area contributed by atoms with Crippen LogP contribution in [0.15, 0.2) is 18.2 Å². The zero-order chi connectivity index (χ0) is 11.1. The first-order valence-electron chi connectivity index (χ1n) is 4.79. The van der Waals surface area contributed by atoms with E-state index < -0.39 is 0 Å². The number of methoxy groups -OCH3 is 1. The largest absolute Gasteiger partial charge is 0.495 e. The van der Waals surface area contributed by atoms with Gasteiger partial charge in [-0.1, -0.05) is 11.6 Å². The number of rotatable bonds is 5. The van der Waals surface area contributed by atoms with E-state index in [1.54, 1.807) is 13.2 Å². The highest BCUT2D eigenvalue weighted by atomic mass is 35.5. The molecule has 0 spiro atoms. The lowest BCUT2D eigenvalue weighted by Crippen LogP contribution is -2.02. The summed E-state index contributed by atoms with van der Waals surface area (Å²) in [6.45, 7) is 0.820. The Morgan fingerprint density at radius 2 is 2.33 bits per heavy atom. The molecule has 0 amide bonds. The summed E-state index contributed by atoms with van der Waals surface area (Å²) >= 11 is 5.89. The summed E-state index contributed by atoms with van der Waals surface area (Å²) in [4.78, 5) is 0. The Kier molecular flexibility index (Phi) is 4.86. The number of benzene rings is 1. The molecule has 0 saturated heterocycles. The fourth-order valence-corrected chi connectivity index (χ4v) is 1.40. The van der Waals surface area contributed by atoms with E-state index in [9.17, 15) is 0 Å². The number of hydrogen-bond donors (Lipinski definition) is 1. The van der Waals surface area contributed by atoms with Crippen LogP contribution in [-0.4, -0.2) is 13.7 Å². The molecule has 0 aliphatic heterocycles. The molecule has 3 heteroatoms. The van der Waals surface area contributed by atoms with Crippen LogP contribution in [0.5, 0.6) is 5.75 Å². The Balaban J connectivity index is 2.58. The van der Waals surface area contributed by atoms with Crippen molar-refractivity contribution >= 4 is 17.3 Å². The molecule has 15 heavy (non-hydrogen) atoms. The van der Waals surface area contributed by atoms with Crippen LogP contribution >= 0.6 is 11.6 Å². The third-order valence-electron chi connectivity index (χ3n) is 1.97. The fourth-order valence-electron chi connectivity index (χ4n) is 1.23. The lowest BCUT2D eigenvalue weighted by Gasteiger charge is -2.10. The van der Waals surface area contributed by atoms with Gasteiger partial charge in [0.1, 0.15) is 5.75 Å². The van der Waals surface area contributed by atoms with Crippen molar-refractivity contribution in [2.24, 2.45) is 0 Å². The van der Waals surface area contributed by atoms with Crippen molar-refractivity contribution < 1.29 is 4.74 Å². The van der Waals surface area contributed by atoms with Gasteiger partial charge < -0.3 is 10.1 Å². The number of hydrogen-bond acceptors (Lipinski definition) is 2. The van der Waals surface area contributed by atoms with Gasteiger partial charge in [-0.25, -0.2) is 0 Å². The Morgan fingerprint density at radius 1 is 1.53 bits per heavy atom. The topological polar surface area (TPSA) is 21.3 Å². The van der Waals surface area contributed by atoms with E-state index in [1.807, 2.05) is 12.1 Å². The summed E-state index contributed by atoms with van der Waals surface area (Å²) in [7, 11) is 1.63. The number of anilines is 1. The molecule has 0 fully saturated rings. The summed E-state index contributed by atoms with van der Waals surface area (Å²) in [5.74, 6) is 3.39. The summed E-state index contributed by atoms with van der Waals surface area (Å²) in [6.07, 6.45) is 6.87. The quantitative estimate of drug-likeness (QED) is 0.612. The fraction of sp³-hybridized carbons (Fsp3) is 0.333. The highest BCUT2D eigenvalue weighted by Gasteiger charge is 2.02. The zero-order valence-electron chi connectivity index (χ0n) is 8.72. The van der Waals surface area contributed by atoms with Gasteiger partial charge in [-0.3, -0.25) is 0 Å². The lowest BCUT2D eigenvalue weighted by atomic mass is 10.2. The van der Waals surface area contributed by atoms with Gasteiger partial charge >= 0.3 is 0 Å². The summed E-state index contributed by atoms with van der Waals surface area (Å²) in [6, 6.07) is 5.48. The smallest absolute Gasteiger partial charge is 0.142 e. The molecule has 0 heterocycles. The maximum Gasteiger partial charge on any atom is 0.142 e. The predicted octanol–water partition coefficient (Wildman–Crippen LogP) is 3.17. The molecule has 0 aliphatic carbocycles. The van der Waals surface area contributed by atoms with E-state index >= 15 is 0 Å². The molecule has 0 bridgehead atoms. The Bertz CT molecular complexity index is 357. The van der Waals surface area contributed by atoms with Gasteiger partial charge in [0.2, 0.25) is 0 Å². The first-order chi connectivity index (χ1) is 7.27. The Hall–Kier alpha value is -1.33. The van der Waals surface area contributed by atoms with E-state index in [-0.39, 0.29) is 0 Å². The van der Waals surface area contributed by atoms with Gasteiger partial charge in [0.25, 0.3) is 0 Å². The van der Waals surface area contributed by atoms with E-state index in [4.69, 9.17) is 22.8 Å². The number of unbranched alkanes of at least 4 members (excludes halogenated alkanes) is 1. The average Bonchev–Trinajstić information content (AvgIpc) is 2.25. The van der Waals surface area contributed by atoms with Crippen molar-refractivity contribution in [2.45, 2.75) is 12.8 Å². The van der Waals surface area contributed by atoms with Gasteiger partial charge in [-0.05, 0) is 24.6 Å². The van der Waals surface area contributed by atoms with Gasteiger partial charge in [0, 0.05) is 18.0 Å². The number of halogens is 1. The number of nitrogens with one attached hydrogen (secondary N) is 1. The second-order valence-corrected chi connectivity index (χ2v) is 3.52. The van der Waals surface area contributed by atoms with Crippen molar-refractivity contribution in [3.8, 4) is 18.1 Å². The van der Waals surface area contributed by atoms with Crippen LogP contribution in [0.1, 0.15) is 12.8 Å². The maximum atomic E-state index is 5.89. The molecular formula is C12H14ClNO. The number of ether oxygens (including phenoxy) is 1. The van der Waals surface area contributed by atoms with Gasteiger partial charge in [-0.15, -0.1) is 12.3 Å². The van der Waals surface area contributed by atoms with E-state index in [1.165, 1.54) is 0 Å². The second kappa shape index (κ2) is 6.21. The van der Waals surface area contributed by atoms with Gasteiger partial charge in [0.15, 0.2) is 0 Å². The molecule has 1 aromatic rings. The Morgan fingerprint density at radius 3 is 3.00 bits per heavy atom. The van der Waals surface area contributed by atoms with Crippen molar-refractivity contribution in [3.63, 3.8) is 0 Å². The standard InChI is InChI=1S/C12H14ClNO/c1-3-4-5-8-14-11-9-10(13)6-7-12(11)15-2/h1,6-7,9,14H,4-5,8H2,2H3. The lowest BCUT2D eigenvalue weighted by molar-refractivity contribution is 0.416. The highest BCUT2D eigenvalue weighted by Crippen LogP contribution is 2.27. The first-order valence-corrected chi connectivity index (χ1v) is 5.16. The molecule has 2 nitrogen and oxygen atoms in total. The third kappa shape index (κ3) is 3.73. The molecule has 0 radical (unpaired) electrons. The first kappa shape index (κ1) is 11.7. The van der Waals surface area contributed by atoms with E-state index in [0.29, 0.717) is 5.02 Å². The summed E-state index contributed by atoms with van der Waals surface area (Å²) in [5.41, 5.74) is 0.905. The normalized spacial score (nSPS) is 9.40. The van der Waals surface area contributed by atoms with Crippen LogP contribution in [0.25, 0.3) is 0 Å². The predicted molar refractivity (Wildman–Crippen MR) is 64.6 cm³/mol. The monoisotopic (exact) mass is 223 g/mol. The number of terminal acetylenes is 1. The minimum Gasteiger partial charge on any atom is -0.495 e. The van der Waals surface area contributed by atoms with Crippen LogP contribution in [0.3, 0.4) is 0 Å². The van der Waals surface area contributed by atoms with Crippen LogP contribution in [-0.2, 0) is 0 Å². The van der Waals surface area contributed by atoms with Crippen molar-refractivity contribution in [3.05, 3.63) is 23.2 Å². The molecule has 1 N–H and O–H groups in total. The SMILES string of the molecule is C#CCCCNc1cc(Cl)ccc1OC. The molecule has 80 valence electrons. The molecule has 0 aliphatic rings. The average molecular weight is 224 g/mol. The molecule has 0 unspecified atom stereocenters. The molecule has 0 aromatic heterocycles. The van der Waals surface area contributed by atoms with Crippen molar-refractivity contribution in [1.29, 1.82) is 0 Å². The van der Waals surface area contributed by atoms with Crippen LogP contribution in [0.2, 0.25) is 5.02 Å². The van der Waals surface area contributed by atoms with Crippen LogP contribution < -0.4 is 10.1 Å². The maximum absolute atomic E-state index is 5.89. The molecule has 1 aromatic carbocycles. The molecule has 1 rings (SSSR count). The molecular weight excluding hydrogens is 210 g/mol. The Labute approximate surface area is 95.6 Å². The summed E-state index contributed by atoms with van der Waals surface area (Å²) < 4.78 is 5.20. The van der Waals surface area contributed by atoms with Crippen molar-refractivity contribution in [2.75, 3.05) is 19.0 Å². The van der Waals surface area contributed by atoms with Gasteiger partial charge in [-0.2, -0.15) is 0 Å². The van der Waals surface area contributed by atoms with E-state index in [0.717, 1.165) is 30.8 Å². The van der Waals surface area contributed by atoms with Crippen LogP contribution in [0.4, 0.5) is 5.69 Å². The minimum atomic E-state index is 0.690. The summed E-state index contributed by atoms with van der Waals surface area (Å²) in [5, 5.41) is 3.92. The highest BCUT2D eigenvalue weighted by molar-refractivity contribution is 6.30. The second-order valence-electron chi connectivity index (χ2n) is 3.08. The zero-order valence-corrected chi connectivity index (χ0v) is 9.47. The van der Waals surface area contributed by atoms with E-state index in [2.05, 4.69) is 11.2 Å². The van der Waals surface area contributed by atoms with Crippen molar-refractivity contribution in [1.82, 2.24) is 0 Å². The van der Waals surface area contributed by atoms with Crippen LogP contribution in [0, 0.1) is 12.3 Å².